The summed E-state index contributed by atoms with van der Waals surface area (Å²) in [6.45, 7) is 3.09. The van der Waals surface area contributed by atoms with Crippen molar-refractivity contribution in [2.24, 2.45) is 0 Å². The molecule has 132 valence electrons. The Kier molecular flexibility index (Phi) is 4.29. The van der Waals surface area contributed by atoms with E-state index in [2.05, 4.69) is 4.40 Å². The molecule has 2 aromatic heterocycles. The number of ketones is 1. The average Bonchev–Trinajstić information content (AvgIpc) is 3.08. The summed E-state index contributed by atoms with van der Waals surface area (Å²) in [5.74, 6) is 1.24. The zero-order valence-corrected chi connectivity index (χ0v) is 14.8. The van der Waals surface area contributed by atoms with Crippen LogP contribution in [0.3, 0.4) is 0 Å². The number of hydrogen-bond donors (Lipinski definition) is 0. The molecule has 0 radical (unpaired) electrons. The molecule has 1 aromatic carbocycles. The van der Waals surface area contributed by atoms with Gasteiger partial charge < -0.3 is 9.30 Å². The summed E-state index contributed by atoms with van der Waals surface area (Å²) in [7, 11) is 0. The topological polar surface area (TPSA) is 54.7 Å². The zero-order chi connectivity index (χ0) is 18.1. The van der Waals surface area contributed by atoms with Gasteiger partial charge in [-0.1, -0.05) is 24.3 Å². The summed E-state index contributed by atoms with van der Waals surface area (Å²) in [6, 6.07) is 13.7. The molecule has 1 amide bonds. The molecule has 5 nitrogen and oxygen atoms in total. The molecule has 5 heteroatoms. The summed E-state index contributed by atoms with van der Waals surface area (Å²) >= 11 is 0. The van der Waals surface area contributed by atoms with Gasteiger partial charge in [0.1, 0.15) is 5.82 Å². The number of carbonyl (C=O) groups excluding carboxylic acids is 2. The monoisotopic (exact) mass is 347 g/mol. The first kappa shape index (κ1) is 16.5. The fraction of sp³-hybridized carbons (Fsp3) is 0.286. The lowest BCUT2D eigenvalue weighted by Crippen LogP contribution is -2.33. The number of aromatic nitrogens is 2. The fourth-order valence-electron chi connectivity index (χ4n) is 3.76. The first-order valence-electron chi connectivity index (χ1n) is 8.95. The van der Waals surface area contributed by atoms with Crippen LogP contribution in [-0.4, -0.2) is 39.6 Å². The van der Waals surface area contributed by atoms with Gasteiger partial charge in [-0.25, -0.2) is 4.98 Å². The third-order valence-corrected chi connectivity index (χ3v) is 5.09. The van der Waals surface area contributed by atoms with Crippen LogP contribution in [0, 0.1) is 0 Å². The highest BCUT2D eigenvalue weighted by molar-refractivity contribution is 5.95. The van der Waals surface area contributed by atoms with Gasteiger partial charge in [0, 0.05) is 36.3 Å². The van der Waals surface area contributed by atoms with E-state index in [1.54, 1.807) is 6.92 Å². The summed E-state index contributed by atoms with van der Waals surface area (Å²) in [4.78, 5) is 29.7. The third kappa shape index (κ3) is 2.90. The molecule has 1 unspecified atom stereocenters. The third-order valence-electron chi connectivity index (χ3n) is 5.09. The van der Waals surface area contributed by atoms with Crippen molar-refractivity contribution in [1.29, 1.82) is 0 Å². The highest BCUT2D eigenvalue weighted by Crippen LogP contribution is 2.32. The van der Waals surface area contributed by atoms with E-state index in [1.807, 2.05) is 53.6 Å². The van der Waals surface area contributed by atoms with E-state index in [1.165, 1.54) is 0 Å². The van der Waals surface area contributed by atoms with Gasteiger partial charge in [-0.3, -0.25) is 9.59 Å². The van der Waals surface area contributed by atoms with E-state index in [0.29, 0.717) is 12.1 Å². The Morgan fingerprint density at radius 2 is 2.12 bits per heavy atom. The minimum absolute atomic E-state index is 0.0458. The maximum absolute atomic E-state index is 11.8. The molecular formula is C21H21N3O2. The van der Waals surface area contributed by atoms with E-state index < -0.39 is 0 Å². The number of likely N-dealkylation sites (tertiary alicyclic amines) is 1. The predicted molar refractivity (Wildman–Crippen MR) is 100 cm³/mol. The van der Waals surface area contributed by atoms with E-state index in [-0.39, 0.29) is 11.7 Å². The number of pyridine rings is 1. The van der Waals surface area contributed by atoms with Gasteiger partial charge in [0.2, 0.25) is 6.41 Å². The molecule has 3 aromatic rings. The van der Waals surface area contributed by atoms with Gasteiger partial charge in [-0.2, -0.15) is 0 Å². The van der Waals surface area contributed by atoms with E-state index in [4.69, 9.17) is 4.98 Å². The molecule has 1 aliphatic heterocycles. The van der Waals surface area contributed by atoms with E-state index in [0.717, 1.165) is 48.4 Å². The molecule has 0 bridgehead atoms. The minimum atomic E-state index is 0.0458. The quantitative estimate of drug-likeness (QED) is 0.536. The van der Waals surface area contributed by atoms with Crippen molar-refractivity contribution in [1.82, 2.24) is 14.3 Å². The number of rotatable bonds is 4. The summed E-state index contributed by atoms with van der Waals surface area (Å²) in [6.07, 6.45) is 4.96. The number of Topliss-reactive ketones (excluding diaryl/α,β-unsaturated/α-hetero) is 1. The fourth-order valence-corrected chi connectivity index (χ4v) is 3.76. The molecule has 1 atom stereocenters. The number of carbonyl (C=O) groups is 2. The largest absolute Gasteiger partial charge is 0.345 e. The van der Waals surface area contributed by atoms with Gasteiger partial charge >= 0.3 is 0 Å². The highest BCUT2D eigenvalue weighted by atomic mass is 16.1. The number of imidazole rings is 1. The molecule has 1 saturated heterocycles. The van der Waals surface area contributed by atoms with Crippen LogP contribution >= 0.6 is 0 Å². The van der Waals surface area contributed by atoms with Crippen LogP contribution in [0.1, 0.15) is 41.9 Å². The van der Waals surface area contributed by atoms with Crippen LogP contribution in [0.5, 0.6) is 0 Å². The lowest BCUT2D eigenvalue weighted by Gasteiger charge is -2.29. The van der Waals surface area contributed by atoms with E-state index in [9.17, 15) is 9.59 Å². The van der Waals surface area contributed by atoms with Gasteiger partial charge in [0.05, 0.1) is 11.2 Å². The Balaban J connectivity index is 1.83. The van der Waals surface area contributed by atoms with Crippen LogP contribution in [0.15, 0.2) is 48.7 Å². The Hall–Kier alpha value is -2.95. The van der Waals surface area contributed by atoms with Gasteiger partial charge in [-0.05, 0) is 38.0 Å². The van der Waals surface area contributed by atoms with Crippen LogP contribution in [0.2, 0.25) is 0 Å². The number of nitrogens with zero attached hydrogens (tertiary/aromatic N) is 3. The van der Waals surface area contributed by atoms with Crippen molar-refractivity contribution in [3.8, 4) is 11.3 Å². The average molecular weight is 347 g/mol. The van der Waals surface area contributed by atoms with Crippen LogP contribution in [0.25, 0.3) is 16.8 Å². The lowest BCUT2D eigenvalue weighted by atomic mass is 9.97. The first-order chi connectivity index (χ1) is 12.7. The van der Waals surface area contributed by atoms with Gasteiger partial charge in [-0.15, -0.1) is 0 Å². The molecule has 26 heavy (non-hydrogen) atoms. The smallest absolute Gasteiger partial charge is 0.209 e. The molecule has 0 saturated carbocycles. The van der Waals surface area contributed by atoms with Crippen molar-refractivity contribution in [2.45, 2.75) is 25.7 Å². The summed E-state index contributed by atoms with van der Waals surface area (Å²) < 4.78 is 2.12. The normalized spacial score (nSPS) is 17.4. The maximum Gasteiger partial charge on any atom is 0.209 e. The Bertz CT molecular complexity index is 976. The van der Waals surface area contributed by atoms with E-state index >= 15 is 0 Å². The van der Waals surface area contributed by atoms with Crippen molar-refractivity contribution in [3.63, 3.8) is 0 Å². The SMILES string of the molecule is CC(=O)c1cccc(-c2nc(C3CCCN(C=O)C3)n3ccccc23)c1. The zero-order valence-electron chi connectivity index (χ0n) is 14.8. The maximum atomic E-state index is 11.8. The second-order valence-corrected chi connectivity index (χ2v) is 6.85. The summed E-state index contributed by atoms with van der Waals surface area (Å²) in [5.41, 5.74) is 3.53. The Labute approximate surface area is 152 Å². The second-order valence-electron chi connectivity index (χ2n) is 6.85. The number of piperidine rings is 1. The van der Waals surface area contributed by atoms with Gasteiger partial charge in [0.15, 0.2) is 5.78 Å². The van der Waals surface area contributed by atoms with Crippen molar-refractivity contribution in [2.75, 3.05) is 13.1 Å². The van der Waals surface area contributed by atoms with Crippen molar-refractivity contribution < 1.29 is 9.59 Å². The molecule has 0 aliphatic carbocycles. The summed E-state index contributed by atoms with van der Waals surface area (Å²) in [5, 5.41) is 0. The second kappa shape index (κ2) is 6.75. The first-order valence-corrected chi connectivity index (χ1v) is 8.95. The van der Waals surface area contributed by atoms with Crippen molar-refractivity contribution in [3.05, 3.63) is 60.0 Å². The van der Waals surface area contributed by atoms with Gasteiger partial charge in [0.25, 0.3) is 0 Å². The molecule has 3 heterocycles. The highest BCUT2D eigenvalue weighted by Gasteiger charge is 2.25. The number of fused-ring (bicyclic) bond motifs is 1. The molecular weight excluding hydrogens is 326 g/mol. The molecule has 1 aliphatic rings. The Morgan fingerprint density at radius 3 is 2.92 bits per heavy atom. The van der Waals surface area contributed by atoms with Crippen LogP contribution in [0.4, 0.5) is 0 Å². The predicted octanol–water partition coefficient (Wildman–Crippen LogP) is 3.54. The number of amides is 1. The van der Waals surface area contributed by atoms with Crippen LogP contribution in [-0.2, 0) is 4.79 Å². The molecule has 0 N–H and O–H groups in total. The minimum Gasteiger partial charge on any atom is -0.345 e. The van der Waals surface area contributed by atoms with Crippen molar-refractivity contribution >= 4 is 17.7 Å². The molecule has 1 fully saturated rings. The number of benzene rings is 1. The Morgan fingerprint density at radius 1 is 1.23 bits per heavy atom. The molecule has 4 rings (SSSR count). The molecule has 0 spiro atoms. The number of hydrogen-bond acceptors (Lipinski definition) is 3. The standard InChI is InChI=1S/C21H21N3O2/c1-15(26)16-6-4-7-17(12-16)20-19-9-2-3-11-24(19)21(22-20)18-8-5-10-23(13-18)14-25/h2-4,6-7,9,11-12,14,18H,5,8,10,13H2,1H3. The lowest BCUT2D eigenvalue weighted by molar-refractivity contribution is -0.119. The van der Waals surface area contributed by atoms with Crippen LogP contribution < -0.4 is 0 Å².